The molecule has 1 saturated heterocycles. The van der Waals surface area contributed by atoms with Gasteiger partial charge in [0.15, 0.2) is 0 Å². The molecule has 74 valence electrons. The van der Waals surface area contributed by atoms with E-state index in [0.717, 1.165) is 6.29 Å². The van der Waals surface area contributed by atoms with E-state index < -0.39 is 5.60 Å². The average molecular weight is 192 g/mol. The first-order chi connectivity index (χ1) is 6.76. The molecule has 1 atom stereocenters. The molecule has 1 N–H and O–H groups in total. The van der Waals surface area contributed by atoms with Gasteiger partial charge in [-0.05, 0) is 5.56 Å². The molecular formula is C11H12O3. The van der Waals surface area contributed by atoms with Crippen molar-refractivity contribution in [3.8, 4) is 0 Å². The van der Waals surface area contributed by atoms with Gasteiger partial charge in [-0.15, -0.1) is 0 Å². The molecule has 0 saturated carbocycles. The highest BCUT2D eigenvalue weighted by Crippen LogP contribution is 2.31. The molecule has 0 aromatic heterocycles. The summed E-state index contributed by atoms with van der Waals surface area (Å²) in [7, 11) is 0. The van der Waals surface area contributed by atoms with Crippen LogP contribution in [0.2, 0.25) is 0 Å². The van der Waals surface area contributed by atoms with Crippen molar-refractivity contribution in [2.45, 2.75) is 12.0 Å². The molecule has 3 nitrogen and oxygen atoms in total. The Morgan fingerprint density at radius 3 is 2.86 bits per heavy atom. The molecule has 1 aliphatic heterocycles. The standard InChI is InChI=1S/C11H12O3/c12-7-9-3-1-2-4-10(9)11(13)5-6-14-8-11/h1-4,7,13H,5-6,8H2. The van der Waals surface area contributed by atoms with Crippen molar-refractivity contribution in [3.05, 3.63) is 35.4 Å². The zero-order chi connectivity index (χ0) is 10.0. The number of aldehydes is 1. The Labute approximate surface area is 82.3 Å². The van der Waals surface area contributed by atoms with E-state index in [4.69, 9.17) is 4.74 Å². The maximum Gasteiger partial charge on any atom is 0.150 e. The summed E-state index contributed by atoms with van der Waals surface area (Å²) in [4.78, 5) is 10.8. The van der Waals surface area contributed by atoms with Gasteiger partial charge in [-0.1, -0.05) is 24.3 Å². The van der Waals surface area contributed by atoms with Crippen molar-refractivity contribution >= 4 is 6.29 Å². The van der Waals surface area contributed by atoms with Crippen LogP contribution in [0.15, 0.2) is 24.3 Å². The first-order valence-corrected chi connectivity index (χ1v) is 4.61. The molecule has 14 heavy (non-hydrogen) atoms. The van der Waals surface area contributed by atoms with Gasteiger partial charge in [0.2, 0.25) is 0 Å². The van der Waals surface area contributed by atoms with Crippen molar-refractivity contribution < 1.29 is 14.6 Å². The number of benzene rings is 1. The highest BCUT2D eigenvalue weighted by Gasteiger charge is 2.35. The van der Waals surface area contributed by atoms with Crippen LogP contribution in [-0.2, 0) is 10.3 Å². The Balaban J connectivity index is 2.43. The van der Waals surface area contributed by atoms with Gasteiger partial charge >= 0.3 is 0 Å². The van der Waals surface area contributed by atoms with Crippen LogP contribution in [0, 0.1) is 0 Å². The van der Waals surface area contributed by atoms with E-state index in [0.29, 0.717) is 24.2 Å². The van der Waals surface area contributed by atoms with Crippen LogP contribution in [0.25, 0.3) is 0 Å². The number of ether oxygens (including phenoxy) is 1. The molecule has 3 heteroatoms. The van der Waals surface area contributed by atoms with Crippen molar-refractivity contribution in [3.63, 3.8) is 0 Å². The van der Waals surface area contributed by atoms with E-state index in [1.165, 1.54) is 0 Å². The van der Waals surface area contributed by atoms with Crippen LogP contribution in [-0.4, -0.2) is 24.6 Å². The topological polar surface area (TPSA) is 46.5 Å². The van der Waals surface area contributed by atoms with Crippen molar-refractivity contribution in [1.29, 1.82) is 0 Å². The van der Waals surface area contributed by atoms with Crippen molar-refractivity contribution in [2.75, 3.05) is 13.2 Å². The Kier molecular flexibility index (Phi) is 2.35. The third-order valence-corrected chi connectivity index (χ3v) is 2.59. The third kappa shape index (κ3) is 1.45. The summed E-state index contributed by atoms with van der Waals surface area (Å²) >= 11 is 0. The van der Waals surface area contributed by atoms with Crippen molar-refractivity contribution in [2.24, 2.45) is 0 Å². The molecule has 0 spiro atoms. The second-order valence-electron chi connectivity index (χ2n) is 3.54. The van der Waals surface area contributed by atoms with E-state index in [-0.39, 0.29) is 6.61 Å². The van der Waals surface area contributed by atoms with Crippen LogP contribution in [0.1, 0.15) is 22.3 Å². The van der Waals surface area contributed by atoms with Gasteiger partial charge in [-0.3, -0.25) is 4.79 Å². The van der Waals surface area contributed by atoms with E-state index >= 15 is 0 Å². The maximum atomic E-state index is 10.8. The van der Waals surface area contributed by atoms with Gasteiger partial charge in [-0.2, -0.15) is 0 Å². The lowest BCUT2D eigenvalue weighted by Crippen LogP contribution is -2.27. The normalized spacial score (nSPS) is 26.4. The van der Waals surface area contributed by atoms with Gasteiger partial charge in [0.1, 0.15) is 11.9 Å². The predicted molar refractivity (Wildman–Crippen MR) is 51.2 cm³/mol. The summed E-state index contributed by atoms with van der Waals surface area (Å²) in [5, 5.41) is 10.2. The first kappa shape index (κ1) is 9.37. The Morgan fingerprint density at radius 1 is 1.43 bits per heavy atom. The Morgan fingerprint density at radius 2 is 2.21 bits per heavy atom. The molecule has 1 aromatic rings. The number of hydrogen-bond donors (Lipinski definition) is 1. The molecular weight excluding hydrogens is 180 g/mol. The highest BCUT2D eigenvalue weighted by atomic mass is 16.5. The monoisotopic (exact) mass is 192 g/mol. The number of rotatable bonds is 2. The molecule has 1 unspecified atom stereocenters. The molecule has 1 heterocycles. The summed E-state index contributed by atoms with van der Waals surface area (Å²) in [6, 6.07) is 7.09. The van der Waals surface area contributed by atoms with E-state index in [2.05, 4.69) is 0 Å². The molecule has 1 aliphatic rings. The molecule has 1 aromatic carbocycles. The zero-order valence-corrected chi connectivity index (χ0v) is 7.77. The summed E-state index contributed by atoms with van der Waals surface area (Å²) in [6.07, 6.45) is 1.32. The number of carbonyl (C=O) groups is 1. The molecule has 0 amide bonds. The lowest BCUT2D eigenvalue weighted by Gasteiger charge is -2.22. The SMILES string of the molecule is O=Cc1ccccc1C1(O)CCOC1. The van der Waals surface area contributed by atoms with Gasteiger partial charge in [0.25, 0.3) is 0 Å². The average Bonchev–Trinajstić information content (AvgIpc) is 2.66. The summed E-state index contributed by atoms with van der Waals surface area (Å²) in [6.45, 7) is 0.821. The molecule has 0 radical (unpaired) electrons. The lowest BCUT2D eigenvalue weighted by molar-refractivity contribution is 0.0226. The molecule has 0 aliphatic carbocycles. The highest BCUT2D eigenvalue weighted by molar-refractivity contribution is 5.77. The second-order valence-corrected chi connectivity index (χ2v) is 3.54. The minimum atomic E-state index is -0.975. The smallest absolute Gasteiger partial charge is 0.150 e. The van der Waals surface area contributed by atoms with Crippen LogP contribution in [0.3, 0.4) is 0 Å². The number of aliphatic hydroxyl groups is 1. The minimum Gasteiger partial charge on any atom is -0.383 e. The lowest BCUT2D eigenvalue weighted by atomic mass is 9.90. The van der Waals surface area contributed by atoms with Crippen LogP contribution in [0.4, 0.5) is 0 Å². The van der Waals surface area contributed by atoms with Gasteiger partial charge in [0.05, 0.1) is 6.61 Å². The van der Waals surface area contributed by atoms with Gasteiger partial charge < -0.3 is 9.84 Å². The fourth-order valence-electron chi connectivity index (χ4n) is 1.79. The maximum absolute atomic E-state index is 10.8. The largest absolute Gasteiger partial charge is 0.383 e. The Hall–Kier alpha value is -1.19. The van der Waals surface area contributed by atoms with Gasteiger partial charge in [-0.25, -0.2) is 0 Å². The molecule has 0 bridgehead atoms. The third-order valence-electron chi connectivity index (χ3n) is 2.59. The molecule has 2 rings (SSSR count). The fourth-order valence-corrected chi connectivity index (χ4v) is 1.79. The van der Waals surface area contributed by atoms with Crippen LogP contribution >= 0.6 is 0 Å². The number of carbonyl (C=O) groups excluding carboxylic acids is 1. The summed E-state index contributed by atoms with van der Waals surface area (Å²) in [5.41, 5.74) is 0.241. The van der Waals surface area contributed by atoms with Crippen LogP contribution in [0.5, 0.6) is 0 Å². The second kappa shape index (κ2) is 3.52. The van der Waals surface area contributed by atoms with E-state index in [9.17, 15) is 9.90 Å². The first-order valence-electron chi connectivity index (χ1n) is 4.61. The molecule has 1 fully saturated rings. The quantitative estimate of drug-likeness (QED) is 0.714. The number of hydrogen-bond acceptors (Lipinski definition) is 3. The predicted octanol–water partition coefficient (Wildman–Crippen LogP) is 1.11. The summed E-state index contributed by atoms with van der Waals surface area (Å²) < 4.78 is 5.15. The minimum absolute atomic E-state index is 0.276. The van der Waals surface area contributed by atoms with E-state index in [1.54, 1.807) is 18.2 Å². The Bertz CT molecular complexity index is 340. The fraction of sp³-hybridized carbons (Fsp3) is 0.364. The van der Waals surface area contributed by atoms with Gasteiger partial charge in [0, 0.05) is 18.6 Å². The van der Waals surface area contributed by atoms with Crippen molar-refractivity contribution in [1.82, 2.24) is 0 Å². The zero-order valence-electron chi connectivity index (χ0n) is 7.77. The summed E-state index contributed by atoms with van der Waals surface area (Å²) in [5.74, 6) is 0. The van der Waals surface area contributed by atoms with E-state index in [1.807, 2.05) is 6.07 Å². The van der Waals surface area contributed by atoms with Crippen LogP contribution < -0.4 is 0 Å².